The average molecular weight is 325 g/mol. The number of para-hydroxylation sites is 1. The van der Waals surface area contributed by atoms with Crippen molar-refractivity contribution in [2.24, 2.45) is 5.73 Å². The lowest BCUT2D eigenvalue weighted by Crippen LogP contribution is -2.10. The fourth-order valence-corrected chi connectivity index (χ4v) is 2.11. The van der Waals surface area contributed by atoms with Gasteiger partial charge in [-0.1, -0.05) is 17.3 Å². The maximum atomic E-state index is 11.0. The van der Waals surface area contributed by atoms with Crippen molar-refractivity contribution < 1.29 is 18.8 Å². The molecule has 2 N–H and O–H groups in total. The predicted octanol–water partition coefficient (Wildman–Crippen LogP) is 2.42. The molecule has 0 fully saturated rings. The van der Waals surface area contributed by atoms with E-state index in [0.29, 0.717) is 28.8 Å². The number of methoxy groups -OCH3 is 1. The first kappa shape index (κ1) is 15.5. The van der Waals surface area contributed by atoms with Crippen LogP contribution in [-0.2, 0) is 6.61 Å². The smallest absolute Gasteiger partial charge is 0.264 e. The van der Waals surface area contributed by atoms with E-state index in [-0.39, 0.29) is 6.61 Å². The van der Waals surface area contributed by atoms with Gasteiger partial charge in [0.15, 0.2) is 6.61 Å². The molecule has 0 bridgehead atoms. The number of hydrogen-bond acceptors (Lipinski definition) is 6. The van der Waals surface area contributed by atoms with Gasteiger partial charge in [0.1, 0.15) is 11.5 Å². The summed E-state index contributed by atoms with van der Waals surface area (Å²) in [5, 5.41) is 3.94. The minimum absolute atomic E-state index is 0.109. The van der Waals surface area contributed by atoms with Gasteiger partial charge in [-0.2, -0.15) is 4.98 Å². The van der Waals surface area contributed by atoms with E-state index in [9.17, 15) is 4.79 Å². The van der Waals surface area contributed by atoms with Crippen LogP contribution in [0.4, 0.5) is 0 Å². The lowest BCUT2D eigenvalue weighted by molar-refractivity contribution is 0.1000. The first-order valence-corrected chi connectivity index (χ1v) is 7.16. The predicted molar refractivity (Wildman–Crippen MR) is 85.6 cm³/mol. The zero-order valence-corrected chi connectivity index (χ0v) is 12.9. The summed E-state index contributed by atoms with van der Waals surface area (Å²) in [5.41, 5.74) is 6.34. The first-order chi connectivity index (χ1) is 11.7. The highest BCUT2D eigenvalue weighted by atomic mass is 16.5. The summed E-state index contributed by atoms with van der Waals surface area (Å²) < 4.78 is 16.0. The number of rotatable bonds is 6. The van der Waals surface area contributed by atoms with E-state index in [4.69, 9.17) is 19.7 Å². The highest BCUT2D eigenvalue weighted by Crippen LogP contribution is 2.27. The summed E-state index contributed by atoms with van der Waals surface area (Å²) in [5.74, 6) is 1.50. The second-order valence-corrected chi connectivity index (χ2v) is 4.89. The van der Waals surface area contributed by atoms with Crippen LogP contribution in [0.1, 0.15) is 16.2 Å². The van der Waals surface area contributed by atoms with Crippen LogP contribution >= 0.6 is 0 Å². The highest BCUT2D eigenvalue weighted by Gasteiger charge is 2.13. The van der Waals surface area contributed by atoms with Crippen LogP contribution in [0.3, 0.4) is 0 Å². The van der Waals surface area contributed by atoms with Gasteiger partial charge in [0.05, 0.1) is 12.7 Å². The van der Waals surface area contributed by atoms with Crippen LogP contribution in [0, 0.1) is 0 Å². The number of ether oxygens (including phenoxy) is 2. The van der Waals surface area contributed by atoms with Gasteiger partial charge in [0, 0.05) is 5.56 Å². The van der Waals surface area contributed by atoms with Crippen molar-refractivity contribution in [2.45, 2.75) is 6.61 Å². The Hall–Kier alpha value is -3.35. The van der Waals surface area contributed by atoms with Crippen molar-refractivity contribution in [2.75, 3.05) is 7.11 Å². The second kappa shape index (κ2) is 6.82. The van der Waals surface area contributed by atoms with Crippen molar-refractivity contribution in [3.8, 4) is 22.9 Å². The first-order valence-electron chi connectivity index (χ1n) is 7.16. The SMILES string of the molecule is COc1ccccc1-c1noc(COc2ccc(C(N)=O)cc2)n1. The lowest BCUT2D eigenvalue weighted by atomic mass is 10.2. The maximum Gasteiger partial charge on any atom is 0.264 e. The van der Waals surface area contributed by atoms with Crippen molar-refractivity contribution in [1.82, 2.24) is 10.1 Å². The second-order valence-electron chi connectivity index (χ2n) is 4.89. The summed E-state index contributed by atoms with van der Waals surface area (Å²) in [4.78, 5) is 15.3. The number of hydrogen-bond donors (Lipinski definition) is 1. The molecule has 2 aromatic carbocycles. The van der Waals surface area contributed by atoms with Crippen molar-refractivity contribution >= 4 is 5.91 Å². The number of nitrogens with two attached hydrogens (primary N) is 1. The van der Waals surface area contributed by atoms with Gasteiger partial charge in [-0.05, 0) is 36.4 Å². The van der Waals surface area contributed by atoms with Crippen molar-refractivity contribution in [3.63, 3.8) is 0 Å². The van der Waals surface area contributed by atoms with E-state index in [1.165, 1.54) is 0 Å². The molecule has 3 aromatic rings. The fraction of sp³-hybridized carbons (Fsp3) is 0.118. The summed E-state index contributed by atoms with van der Waals surface area (Å²) in [7, 11) is 1.58. The van der Waals surface area contributed by atoms with E-state index in [0.717, 1.165) is 5.56 Å². The molecule has 1 aromatic heterocycles. The molecule has 1 amide bonds. The number of aromatic nitrogens is 2. The molecular formula is C17H15N3O4. The molecular weight excluding hydrogens is 310 g/mol. The summed E-state index contributed by atoms with van der Waals surface area (Å²) in [6.45, 7) is 0.109. The number of nitrogens with zero attached hydrogens (tertiary/aromatic N) is 2. The molecule has 7 heteroatoms. The van der Waals surface area contributed by atoms with Gasteiger partial charge in [0.2, 0.25) is 11.7 Å². The van der Waals surface area contributed by atoms with Crippen molar-refractivity contribution in [1.29, 1.82) is 0 Å². The van der Waals surface area contributed by atoms with E-state index in [2.05, 4.69) is 10.1 Å². The molecule has 0 aliphatic carbocycles. The van der Waals surface area contributed by atoms with Gasteiger partial charge in [-0.25, -0.2) is 0 Å². The largest absolute Gasteiger partial charge is 0.496 e. The zero-order valence-electron chi connectivity index (χ0n) is 12.9. The monoisotopic (exact) mass is 325 g/mol. The van der Waals surface area contributed by atoms with Crippen LogP contribution in [0.25, 0.3) is 11.4 Å². The lowest BCUT2D eigenvalue weighted by Gasteiger charge is -2.04. The molecule has 0 atom stereocenters. The minimum atomic E-state index is -0.486. The molecule has 0 spiro atoms. The molecule has 7 nitrogen and oxygen atoms in total. The van der Waals surface area contributed by atoms with Gasteiger partial charge in [-0.3, -0.25) is 4.79 Å². The fourth-order valence-electron chi connectivity index (χ4n) is 2.11. The normalized spacial score (nSPS) is 10.4. The quantitative estimate of drug-likeness (QED) is 0.747. The summed E-state index contributed by atoms with van der Waals surface area (Å²) >= 11 is 0. The van der Waals surface area contributed by atoms with Crippen LogP contribution < -0.4 is 15.2 Å². The van der Waals surface area contributed by atoms with Crippen LogP contribution in [0.2, 0.25) is 0 Å². The van der Waals surface area contributed by atoms with Gasteiger partial charge in [0.25, 0.3) is 5.89 Å². The Balaban J connectivity index is 1.69. The minimum Gasteiger partial charge on any atom is -0.496 e. The molecule has 122 valence electrons. The molecule has 3 rings (SSSR count). The topological polar surface area (TPSA) is 100 Å². The number of benzene rings is 2. The molecule has 0 radical (unpaired) electrons. The Morgan fingerprint density at radius 2 is 1.92 bits per heavy atom. The molecule has 24 heavy (non-hydrogen) atoms. The van der Waals surface area contributed by atoms with E-state index < -0.39 is 5.91 Å². The highest BCUT2D eigenvalue weighted by molar-refractivity contribution is 5.92. The van der Waals surface area contributed by atoms with Gasteiger partial charge < -0.3 is 19.7 Å². The number of amides is 1. The third-order valence-corrected chi connectivity index (χ3v) is 3.32. The molecule has 0 aliphatic heterocycles. The Labute approximate surface area is 138 Å². The molecule has 0 saturated heterocycles. The van der Waals surface area contributed by atoms with E-state index >= 15 is 0 Å². The third kappa shape index (κ3) is 3.35. The standard InChI is InChI=1S/C17H15N3O4/c1-22-14-5-3-2-4-13(14)17-19-15(24-20-17)10-23-12-8-6-11(7-9-12)16(18)21/h2-9H,10H2,1H3,(H2,18,21). The molecule has 0 aliphatic rings. The van der Waals surface area contributed by atoms with Gasteiger partial charge >= 0.3 is 0 Å². The van der Waals surface area contributed by atoms with E-state index in [1.807, 2.05) is 24.3 Å². The third-order valence-electron chi connectivity index (χ3n) is 3.32. The van der Waals surface area contributed by atoms with Crippen LogP contribution in [0.15, 0.2) is 53.1 Å². The number of primary amides is 1. The van der Waals surface area contributed by atoms with Crippen LogP contribution in [-0.4, -0.2) is 23.2 Å². The summed E-state index contributed by atoms with van der Waals surface area (Å²) in [6.07, 6.45) is 0. The Bertz CT molecular complexity index is 843. The molecule has 0 unspecified atom stereocenters. The molecule has 1 heterocycles. The Morgan fingerprint density at radius 1 is 1.17 bits per heavy atom. The van der Waals surface area contributed by atoms with Gasteiger partial charge in [-0.15, -0.1) is 0 Å². The maximum absolute atomic E-state index is 11.0. The van der Waals surface area contributed by atoms with Crippen LogP contribution in [0.5, 0.6) is 11.5 Å². The average Bonchev–Trinajstić information content (AvgIpc) is 3.09. The van der Waals surface area contributed by atoms with Crippen molar-refractivity contribution in [3.05, 3.63) is 60.0 Å². The van der Waals surface area contributed by atoms with E-state index in [1.54, 1.807) is 31.4 Å². The summed E-state index contributed by atoms with van der Waals surface area (Å²) in [6, 6.07) is 13.9. The number of carbonyl (C=O) groups is 1. The molecule has 0 saturated carbocycles. The Kier molecular flexibility index (Phi) is 4.42. The zero-order chi connectivity index (χ0) is 16.9. The number of carbonyl (C=O) groups excluding carboxylic acids is 1. The Morgan fingerprint density at radius 3 is 2.62 bits per heavy atom.